The van der Waals surface area contributed by atoms with Crippen LogP contribution in [0.1, 0.15) is 0 Å². The fraction of sp³-hybridized carbons (Fsp3) is 0. The Bertz CT molecular complexity index is 457. The first-order chi connectivity index (χ1) is 6.20. The van der Waals surface area contributed by atoms with Gasteiger partial charge in [0.1, 0.15) is 11.5 Å². The van der Waals surface area contributed by atoms with Gasteiger partial charge >= 0.3 is 0 Å². The molecule has 0 radical (unpaired) electrons. The number of fused-ring (bicyclic) bond motifs is 1. The monoisotopic (exact) mass is 175 g/mol. The summed E-state index contributed by atoms with van der Waals surface area (Å²) in [6.45, 7) is 0. The van der Waals surface area contributed by atoms with E-state index in [1.165, 1.54) is 12.1 Å². The van der Waals surface area contributed by atoms with E-state index in [1.54, 1.807) is 18.2 Å². The van der Waals surface area contributed by atoms with E-state index in [4.69, 9.17) is 5.73 Å². The van der Waals surface area contributed by atoms with Crippen LogP contribution < -0.4 is 5.73 Å². The van der Waals surface area contributed by atoms with Gasteiger partial charge in [-0.3, -0.25) is 0 Å². The molecule has 3 heteroatoms. The third kappa shape index (κ3) is 1.05. The minimum atomic E-state index is 0.0888. The van der Waals surface area contributed by atoms with Gasteiger partial charge in [0.05, 0.1) is 5.39 Å². The lowest BCUT2D eigenvalue weighted by Gasteiger charge is -2.05. The van der Waals surface area contributed by atoms with E-state index in [9.17, 15) is 10.2 Å². The number of hydrogen-bond acceptors (Lipinski definition) is 3. The van der Waals surface area contributed by atoms with E-state index < -0.39 is 0 Å². The molecule has 0 aromatic heterocycles. The molecule has 0 unspecified atom stereocenters. The Morgan fingerprint density at radius 2 is 1.69 bits per heavy atom. The molecule has 0 spiro atoms. The summed E-state index contributed by atoms with van der Waals surface area (Å²) in [5.74, 6) is 0.214. The summed E-state index contributed by atoms with van der Waals surface area (Å²) in [5, 5.41) is 20.0. The molecule has 2 rings (SSSR count). The Labute approximate surface area is 75.0 Å². The average Bonchev–Trinajstić information content (AvgIpc) is 2.12. The van der Waals surface area contributed by atoms with E-state index >= 15 is 0 Å². The molecule has 0 heterocycles. The lowest BCUT2D eigenvalue weighted by Crippen LogP contribution is -1.86. The number of rotatable bonds is 0. The van der Waals surface area contributed by atoms with Gasteiger partial charge in [0.2, 0.25) is 0 Å². The Kier molecular flexibility index (Phi) is 1.52. The molecule has 2 aromatic rings. The zero-order valence-corrected chi connectivity index (χ0v) is 6.86. The molecule has 2 aromatic carbocycles. The van der Waals surface area contributed by atoms with Crippen molar-refractivity contribution in [3.05, 3.63) is 30.3 Å². The van der Waals surface area contributed by atoms with Crippen LogP contribution in [0.25, 0.3) is 10.8 Å². The van der Waals surface area contributed by atoms with Gasteiger partial charge in [-0.25, -0.2) is 0 Å². The first-order valence-corrected chi connectivity index (χ1v) is 3.89. The van der Waals surface area contributed by atoms with Crippen LogP contribution in [0.3, 0.4) is 0 Å². The molecule has 0 saturated carbocycles. The maximum Gasteiger partial charge on any atom is 0.125 e. The highest BCUT2D eigenvalue weighted by molar-refractivity contribution is 6.00. The summed E-state index contributed by atoms with van der Waals surface area (Å²) >= 11 is 0. The Morgan fingerprint density at radius 1 is 0.923 bits per heavy atom. The molecule has 0 amide bonds. The van der Waals surface area contributed by atoms with Gasteiger partial charge in [0.15, 0.2) is 0 Å². The largest absolute Gasteiger partial charge is 0.507 e. The van der Waals surface area contributed by atoms with Gasteiger partial charge in [-0.2, -0.15) is 0 Å². The van der Waals surface area contributed by atoms with E-state index in [0.717, 1.165) is 0 Å². The van der Waals surface area contributed by atoms with Crippen molar-refractivity contribution in [2.45, 2.75) is 0 Å². The highest BCUT2D eigenvalue weighted by atomic mass is 16.3. The van der Waals surface area contributed by atoms with E-state index in [1.807, 2.05) is 0 Å². The number of hydrogen-bond donors (Lipinski definition) is 3. The topological polar surface area (TPSA) is 66.5 Å². The lowest BCUT2D eigenvalue weighted by molar-refractivity contribution is 0.476. The molecule has 13 heavy (non-hydrogen) atoms. The molecule has 4 N–H and O–H groups in total. The predicted molar refractivity (Wildman–Crippen MR) is 51.7 cm³/mol. The van der Waals surface area contributed by atoms with E-state index in [2.05, 4.69) is 0 Å². The smallest absolute Gasteiger partial charge is 0.125 e. The van der Waals surface area contributed by atoms with E-state index in [0.29, 0.717) is 16.5 Å². The van der Waals surface area contributed by atoms with Crippen molar-refractivity contribution in [3.8, 4) is 11.5 Å². The van der Waals surface area contributed by atoms with Gasteiger partial charge in [-0.05, 0) is 18.2 Å². The maximum atomic E-state index is 9.49. The van der Waals surface area contributed by atoms with Gasteiger partial charge < -0.3 is 15.9 Å². The van der Waals surface area contributed by atoms with E-state index in [-0.39, 0.29) is 11.5 Å². The van der Waals surface area contributed by atoms with Crippen molar-refractivity contribution < 1.29 is 10.2 Å². The van der Waals surface area contributed by atoms with Crippen molar-refractivity contribution in [1.29, 1.82) is 0 Å². The zero-order valence-electron chi connectivity index (χ0n) is 6.86. The average molecular weight is 175 g/mol. The third-order valence-corrected chi connectivity index (χ3v) is 2.03. The van der Waals surface area contributed by atoms with Crippen molar-refractivity contribution in [2.24, 2.45) is 0 Å². The third-order valence-electron chi connectivity index (χ3n) is 2.03. The number of benzene rings is 2. The molecular weight excluding hydrogens is 166 g/mol. The Morgan fingerprint density at radius 3 is 2.38 bits per heavy atom. The molecular formula is C10H9NO2. The van der Waals surface area contributed by atoms with Crippen LogP contribution in [0.2, 0.25) is 0 Å². The van der Waals surface area contributed by atoms with Crippen molar-refractivity contribution in [2.75, 3.05) is 5.73 Å². The number of phenols is 2. The van der Waals surface area contributed by atoms with Crippen LogP contribution in [0.5, 0.6) is 11.5 Å². The Balaban J connectivity index is 3.00. The number of nitrogens with two attached hydrogens (primary N) is 1. The highest BCUT2D eigenvalue weighted by Gasteiger charge is 2.05. The molecule has 0 fully saturated rings. The maximum absolute atomic E-state index is 9.49. The van der Waals surface area contributed by atoms with Crippen LogP contribution >= 0.6 is 0 Å². The Hall–Kier alpha value is -1.90. The number of anilines is 1. The van der Waals surface area contributed by atoms with Crippen molar-refractivity contribution in [3.63, 3.8) is 0 Å². The summed E-state index contributed by atoms with van der Waals surface area (Å²) in [5.41, 5.74) is 6.12. The normalized spacial score (nSPS) is 10.5. The van der Waals surface area contributed by atoms with Crippen LogP contribution in [-0.4, -0.2) is 10.2 Å². The number of aromatic hydroxyl groups is 2. The summed E-state index contributed by atoms with van der Waals surface area (Å²) in [4.78, 5) is 0. The second kappa shape index (κ2) is 2.55. The van der Waals surface area contributed by atoms with Crippen LogP contribution in [0.15, 0.2) is 30.3 Å². The minimum absolute atomic E-state index is 0.0888. The van der Waals surface area contributed by atoms with Crippen molar-refractivity contribution in [1.82, 2.24) is 0 Å². The second-order valence-electron chi connectivity index (χ2n) is 2.87. The number of nitrogen functional groups attached to an aromatic ring is 1. The van der Waals surface area contributed by atoms with Crippen LogP contribution in [0.4, 0.5) is 5.69 Å². The molecule has 0 saturated heterocycles. The summed E-state index contributed by atoms with van der Waals surface area (Å²) in [6, 6.07) is 7.99. The summed E-state index contributed by atoms with van der Waals surface area (Å²) in [6.07, 6.45) is 0. The standard InChI is InChI=1S/C10H9NO2/c11-7-4-5-8(12)6-2-1-3-9(13)10(6)7/h1-5,12-13H,11H2. The fourth-order valence-electron chi connectivity index (χ4n) is 1.40. The lowest BCUT2D eigenvalue weighted by atomic mass is 10.1. The first-order valence-electron chi connectivity index (χ1n) is 3.89. The molecule has 0 bridgehead atoms. The van der Waals surface area contributed by atoms with Gasteiger partial charge in [0.25, 0.3) is 0 Å². The van der Waals surface area contributed by atoms with Gasteiger partial charge in [-0.15, -0.1) is 0 Å². The van der Waals surface area contributed by atoms with Gasteiger partial charge in [0, 0.05) is 11.1 Å². The van der Waals surface area contributed by atoms with Crippen LogP contribution in [0, 0.1) is 0 Å². The zero-order chi connectivity index (χ0) is 9.42. The molecule has 0 aliphatic heterocycles. The summed E-state index contributed by atoms with van der Waals surface area (Å²) in [7, 11) is 0. The predicted octanol–water partition coefficient (Wildman–Crippen LogP) is 1.83. The quantitative estimate of drug-likeness (QED) is 0.422. The highest BCUT2D eigenvalue weighted by Crippen LogP contribution is 2.34. The summed E-state index contributed by atoms with van der Waals surface area (Å²) < 4.78 is 0. The molecule has 3 nitrogen and oxygen atoms in total. The van der Waals surface area contributed by atoms with Crippen molar-refractivity contribution >= 4 is 16.5 Å². The minimum Gasteiger partial charge on any atom is -0.507 e. The first kappa shape index (κ1) is 7.73. The number of phenolic OH excluding ortho intramolecular Hbond substituents is 2. The molecule has 0 aliphatic carbocycles. The SMILES string of the molecule is Nc1ccc(O)c2cccc(O)c12. The van der Waals surface area contributed by atoms with Crippen LogP contribution in [-0.2, 0) is 0 Å². The fourth-order valence-corrected chi connectivity index (χ4v) is 1.40. The second-order valence-corrected chi connectivity index (χ2v) is 2.87. The molecule has 66 valence electrons. The molecule has 0 aliphatic rings. The van der Waals surface area contributed by atoms with Gasteiger partial charge in [-0.1, -0.05) is 12.1 Å². The molecule has 0 atom stereocenters.